The highest BCUT2D eigenvalue weighted by Gasteiger charge is 2.07. The minimum atomic E-state index is -0.261. The van der Waals surface area contributed by atoms with E-state index in [1.165, 1.54) is 0 Å². The molecule has 6 heteroatoms. The molecule has 0 spiro atoms. The van der Waals surface area contributed by atoms with E-state index in [9.17, 15) is 4.79 Å². The van der Waals surface area contributed by atoms with Gasteiger partial charge in [0.1, 0.15) is 6.61 Å². The number of nitrogens with one attached hydrogen (secondary N) is 1. The van der Waals surface area contributed by atoms with Crippen LogP contribution in [0.5, 0.6) is 11.5 Å². The molecule has 0 fully saturated rings. The van der Waals surface area contributed by atoms with Crippen molar-refractivity contribution in [3.63, 3.8) is 0 Å². The number of carbonyl (C=O) groups is 1. The second-order valence-electron chi connectivity index (χ2n) is 3.46. The average Bonchev–Trinajstić information content (AvgIpc) is 2.39. The number of hydrogen-bond donors (Lipinski definition) is 2. The number of nitrogens with two attached hydrogens (primary N) is 1. The van der Waals surface area contributed by atoms with Gasteiger partial charge in [0, 0.05) is 18.9 Å². The van der Waals surface area contributed by atoms with Gasteiger partial charge in [0.2, 0.25) is 5.91 Å². The second kappa shape index (κ2) is 7.52. The van der Waals surface area contributed by atoms with Crippen LogP contribution in [0.2, 0.25) is 0 Å². The maximum Gasteiger partial charge on any atom is 0.238 e. The molecule has 0 bridgehead atoms. The van der Waals surface area contributed by atoms with Crippen molar-refractivity contribution < 1.29 is 19.0 Å². The lowest BCUT2D eigenvalue weighted by Crippen LogP contribution is -2.21. The van der Waals surface area contributed by atoms with E-state index in [0.717, 1.165) is 0 Å². The Morgan fingerprint density at radius 1 is 1.28 bits per heavy atom. The Balaban J connectivity index is 2.77. The summed E-state index contributed by atoms with van der Waals surface area (Å²) in [7, 11) is 3.15. The first-order chi connectivity index (χ1) is 8.71. The van der Waals surface area contributed by atoms with Gasteiger partial charge in [0.15, 0.2) is 11.5 Å². The monoisotopic (exact) mass is 254 g/mol. The molecule has 0 atom stereocenters. The van der Waals surface area contributed by atoms with Gasteiger partial charge in [0.25, 0.3) is 0 Å². The molecular formula is C12H18N2O4. The molecule has 1 amide bonds. The molecule has 18 heavy (non-hydrogen) atoms. The van der Waals surface area contributed by atoms with Crippen LogP contribution in [0, 0.1) is 0 Å². The molecule has 0 heterocycles. The Morgan fingerprint density at radius 3 is 2.67 bits per heavy atom. The van der Waals surface area contributed by atoms with Crippen molar-refractivity contribution in [1.29, 1.82) is 0 Å². The van der Waals surface area contributed by atoms with E-state index in [-0.39, 0.29) is 12.5 Å². The maximum absolute atomic E-state index is 11.2. The largest absolute Gasteiger partial charge is 0.493 e. The smallest absolute Gasteiger partial charge is 0.238 e. The molecule has 6 nitrogen and oxygen atoms in total. The molecule has 0 aliphatic heterocycles. The van der Waals surface area contributed by atoms with Crippen molar-refractivity contribution in [2.75, 3.05) is 39.3 Å². The Kier molecular flexibility index (Phi) is 5.96. The van der Waals surface area contributed by atoms with Gasteiger partial charge in [-0.05, 0) is 12.1 Å². The van der Waals surface area contributed by atoms with Gasteiger partial charge in [0.05, 0.1) is 20.3 Å². The molecule has 3 N–H and O–H groups in total. The van der Waals surface area contributed by atoms with Crippen LogP contribution in [0.1, 0.15) is 0 Å². The quantitative estimate of drug-likeness (QED) is 0.697. The zero-order valence-electron chi connectivity index (χ0n) is 10.6. The molecule has 0 aliphatic rings. The Morgan fingerprint density at radius 2 is 2.06 bits per heavy atom. The third-order valence-corrected chi connectivity index (χ3v) is 2.18. The summed E-state index contributed by atoms with van der Waals surface area (Å²) in [5.74, 6) is 0.879. The van der Waals surface area contributed by atoms with Crippen molar-refractivity contribution >= 4 is 11.6 Å². The molecular weight excluding hydrogens is 236 g/mol. The number of methoxy groups -OCH3 is 2. The van der Waals surface area contributed by atoms with Crippen LogP contribution >= 0.6 is 0 Å². The van der Waals surface area contributed by atoms with Crippen molar-refractivity contribution in [1.82, 2.24) is 0 Å². The van der Waals surface area contributed by atoms with Crippen LogP contribution < -0.4 is 20.5 Å². The molecule has 0 unspecified atom stereocenters. The normalized spacial score (nSPS) is 9.94. The summed E-state index contributed by atoms with van der Waals surface area (Å²) in [5, 5.41) is 2.64. The van der Waals surface area contributed by atoms with Crippen LogP contribution in [-0.2, 0) is 9.53 Å². The number of ether oxygens (including phenoxy) is 3. The van der Waals surface area contributed by atoms with E-state index in [2.05, 4.69) is 5.32 Å². The fraction of sp³-hybridized carbons (Fsp3) is 0.417. The van der Waals surface area contributed by atoms with Crippen molar-refractivity contribution in [3.05, 3.63) is 18.2 Å². The van der Waals surface area contributed by atoms with Crippen LogP contribution in [0.4, 0.5) is 5.69 Å². The summed E-state index contributed by atoms with van der Waals surface area (Å²) in [5.41, 5.74) is 5.84. The maximum atomic E-state index is 11.2. The summed E-state index contributed by atoms with van der Waals surface area (Å²) in [6.07, 6.45) is 0. The van der Waals surface area contributed by atoms with Crippen LogP contribution in [0.25, 0.3) is 0 Å². The second-order valence-corrected chi connectivity index (χ2v) is 3.46. The van der Waals surface area contributed by atoms with E-state index >= 15 is 0 Å². The molecule has 0 aliphatic carbocycles. The fourth-order valence-corrected chi connectivity index (χ4v) is 1.31. The van der Waals surface area contributed by atoms with E-state index in [1.807, 2.05) is 0 Å². The Hall–Kier alpha value is -1.79. The molecule has 0 radical (unpaired) electrons. The van der Waals surface area contributed by atoms with Gasteiger partial charge in [-0.1, -0.05) is 0 Å². The number of carbonyl (C=O) groups excluding carboxylic acids is 1. The standard InChI is InChI=1S/C12H18N2O4/c1-16-5-6-18-11-7-9(14-12(15)8-13)3-4-10(11)17-2/h3-4,7H,5-6,8,13H2,1-2H3,(H,14,15). The van der Waals surface area contributed by atoms with Crippen molar-refractivity contribution in [3.8, 4) is 11.5 Å². The first-order valence-electron chi connectivity index (χ1n) is 5.51. The number of hydrogen-bond acceptors (Lipinski definition) is 5. The Bertz CT molecular complexity index is 396. The van der Waals surface area contributed by atoms with Crippen molar-refractivity contribution in [2.24, 2.45) is 5.73 Å². The highest BCUT2D eigenvalue weighted by atomic mass is 16.5. The zero-order valence-corrected chi connectivity index (χ0v) is 10.6. The number of anilines is 1. The topological polar surface area (TPSA) is 82.8 Å². The van der Waals surface area contributed by atoms with E-state index in [4.69, 9.17) is 19.9 Å². The lowest BCUT2D eigenvalue weighted by molar-refractivity contribution is -0.114. The lowest BCUT2D eigenvalue weighted by Gasteiger charge is -2.12. The average molecular weight is 254 g/mol. The Labute approximate surface area is 106 Å². The number of amides is 1. The third kappa shape index (κ3) is 4.23. The van der Waals surface area contributed by atoms with Crippen LogP contribution in [0.15, 0.2) is 18.2 Å². The predicted octanol–water partition coefficient (Wildman–Crippen LogP) is 0.618. The van der Waals surface area contributed by atoms with E-state index in [0.29, 0.717) is 30.4 Å². The zero-order chi connectivity index (χ0) is 13.4. The molecule has 0 saturated carbocycles. The minimum Gasteiger partial charge on any atom is -0.493 e. The van der Waals surface area contributed by atoms with Gasteiger partial charge in [-0.2, -0.15) is 0 Å². The molecule has 1 rings (SSSR count). The van der Waals surface area contributed by atoms with Crippen LogP contribution in [-0.4, -0.2) is 39.9 Å². The summed E-state index contributed by atoms with van der Waals surface area (Å²) in [6.45, 7) is 0.815. The first kappa shape index (κ1) is 14.3. The van der Waals surface area contributed by atoms with Gasteiger partial charge < -0.3 is 25.3 Å². The first-order valence-corrected chi connectivity index (χ1v) is 5.51. The minimum absolute atomic E-state index is 0.0636. The summed E-state index contributed by atoms with van der Waals surface area (Å²) in [6, 6.07) is 5.12. The SMILES string of the molecule is COCCOc1cc(NC(=O)CN)ccc1OC. The predicted molar refractivity (Wildman–Crippen MR) is 68.0 cm³/mol. The molecule has 1 aromatic rings. The highest BCUT2D eigenvalue weighted by Crippen LogP contribution is 2.30. The van der Waals surface area contributed by atoms with E-state index < -0.39 is 0 Å². The summed E-state index contributed by atoms with van der Waals surface area (Å²) >= 11 is 0. The van der Waals surface area contributed by atoms with Crippen LogP contribution in [0.3, 0.4) is 0 Å². The van der Waals surface area contributed by atoms with E-state index in [1.54, 1.807) is 32.4 Å². The van der Waals surface area contributed by atoms with Gasteiger partial charge in [-0.25, -0.2) is 0 Å². The summed E-state index contributed by atoms with van der Waals surface area (Å²) in [4.78, 5) is 11.2. The molecule has 100 valence electrons. The molecule has 0 saturated heterocycles. The highest BCUT2D eigenvalue weighted by molar-refractivity contribution is 5.92. The molecule has 0 aromatic heterocycles. The van der Waals surface area contributed by atoms with Gasteiger partial charge in [-0.3, -0.25) is 4.79 Å². The molecule has 1 aromatic carbocycles. The van der Waals surface area contributed by atoms with Gasteiger partial charge >= 0.3 is 0 Å². The summed E-state index contributed by atoms with van der Waals surface area (Å²) < 4.78 is 15.5. The third-order valence-electron chi connectivity index (χ3n) is 2.18. The number of rotatable bonds is 7. The fourth-order valence-electron chi connectivity index (χ4n) is 1.31. The van der Waals surface area contributed by atoms with Gasteiger partial charge in [-0.15, -0.1) is 0 Å². The van der Waals surface area contributed by atoms with Crippen molar-refractivity contribution in [2.45, 2.75) is 0 Å². The number of benzene rings is 1. The lowest BCUT2D eigenvalue weighted by atomic mass is 10.2.